The molecule has 1 aliphatic heterocycles. The van der Waals surface area contributed by atoms with E-state index in [1.54, 1.807) is 5.48 Å². The number of alkyl halides is 1. The summed E-state index contributed by atoms with van der Waals surface area (Å²) in [6.45, 7) is -0.559. The summed E-state index contributed by atoms with van der Waals surface area (Å²) in [6, 6.07) is 1.23. The summed E-state index contributed by atoms with van der Waals surface area (Å²) < 4.78 is 19.6. The average molecular weight is 261 g/mol. The molecule has 0 aliphatic carbocycles. The number of aromatic nitrogens is 2. The quantitative estimate of drug-likeness (QED) is 0.496. The average Bonchev–Trinajstić information content (AvgIpc) is 2.66. The van der Waals surface area contributed by atoms with Gasteiger partial charge in [-0.2, -0.15) is 4.98 Å². The Labute approximate surface area is 100 Å². The molecular formula is C9H12FN3O5. The van der Waals surface area contributed by atoms with Gasteiger partial charge in [0.1, 0.15) is 12.2 Å². The first-order valence-corrected chi connectivity index (χ1v) is 5.16. The van der Waals surface area contributed by atoms with Crippen LogP contribution in [0.5, 0.6) is 0 Å². The number of hydrogen-bond acceptors (Lipinski definition) is 7. The van der Waals surface area contributed by atoms with Crippen molar-refractivity contribution < 1.29 is 24.5 Å². The number of anilines is 1. The number of halogens is 1. The van der Waals surface area contributed by atoms with Crippen molar-refractivity contribution in [2.75, 3.05) is 12.1 Å². The van der Waals surface area contributed by atoms with Gasteiger partial charge in [-0.1, -0.05) is 0 Å². The van der Waals surface area contributed by atoms with Gasteiger partial charge in [0.2, 0.25) is 0 Å². The van der Waals surface area contributed by atoms with Gasteiger partial charge in [-0.15, -0.1) is 0 Å². The van der Waals surface area contributed by atoms with Gasteiger partial charge in [0.05, 0.1) is 6.61 Å². The monoisotopic (exact) mass is 261 g/mol. The van der Waals surface area contributed by atoms with E-state index in [1.165, 1.54) is 6.07 Å². The minimum atomic E-state index is -1.85. The molecule has 2 rings (SSSR count). The van der Waals surface area contributed by atoms with E-state index < -0.39 is 36.9 Å². The highest BCUT2D eigenvalue weighted by molar-refractivity contribution is 5.28. The molecule has 9 heteroatoms. The maximum Gasteiger partial charge on any atom is 0.351 e. The van der Waals surface area contributed by atoms with Crippen LogP contribution in [0, 0.1) is 0 Å². The van der Waals surface area contributed by atoms with Gasteiger partial charge in [0, 0.05) is 6.20 Å². The van der Waals surface area contributed by atoms with Gasteiger partial charge < -0.3 is 14.9 Å². The third kappa shape index (κ3) is 2.08. The minimum Gasteiger partial charge on any atom is -0.394 e. The van der Waals surface area contributed by atoms with Crippen molar-refractivity contribution in [3.63, 3.8) is 0 Å². The van der Waals surface area contributed by atoms with Crippen LogP contribution in [0.3, 0.4) is 0 Å². The van der Waals surface area contributed by atoms with E-state index in [9.17, 15) is 14.3 Å². The normalized spacial score (nSPS) is 31.6. The SMILES string of the molecule is O=c1nc(NO)ccn1[C@@H]1O[C@H](CO)C(O)C1F. The number of nitrogens with zero attached hydrogens (tertiary/aromatic N) is 2. The summed E-state index contributed by atoms with van der Waals surface area (Å²) >= 11 is 0. The Kier molecular flexibility index (Phi) is 3.57. The third-order valence-electron chi connectivity index (χ3n) is 2.69. The van der Waals surface area contributed by atoms with Crippen LogP contribution >= 0.6 is 0 Å². The Bertz CT molecular complexity index is 482. The molecule has 0 radical (unpaired) electrons. The van der Waals surface area contributed by atoms with E-state index in [0.717, 1.165) is 10.8 Å². The molecule has 1 saturated heterocycles. The van der Waals surface area contributed by atoms with Crippen molar-refractivity contribution in [1.82, 2.24) is 9.55 Å². The second-order valence-corrected chi connectivity index (χ2v) is 3.80. The van der Waals surface area contributed by atoms with E-state index in [-0.39, 0.29) is 5.82 Å². The van der Waals surface area contributed by atoms with Crippen LogP contribution in [-0.4, -0.2) is 50.0 Å². The summed E-state index contributed by atoms with van der Waals surface area (Å²) in [4.78, 5) is 14.9. The number of nitrogens with one attached hydrogen (secondary N) is 1. The molecule has 0 spiro atoms. The molecule has 0 amide bonds. The van der Waals surface area contributed by atoms with Crippen LogP contribution in [0.2, 0.25) is 0 Å². The van der Waals surface area contributed by atoms with E-state index in [1.807, 2.05) is 0 Å². The molecule has 0 aromatic carbocycles. The van der Waals surface area contributed by atoms with Crippen LogP contribution in [0.4, 0.5) is 10.2 Å². The zero-order valence-corrected chi connectivity index (χ0v) is 9.10. The van der Waals surface area contributed by atoms with Gasteiger partial charge in [-0.25, -0.2) is 9.18 Å². The van der Waals surface area contributed by atoms with Crippen molar-refractivity contribution >= 4 is 5.82 Å². The van der Waals surface area contributed by atoms with Crippen LogP contribution in [-0.2, 0) is 4.74 Å². The maximum absolute atomic E-state index is 13.7. The molecule has 1 fully saturated rings. The summed E-state index contributed by atoms with van der Waals surface area (Å²) in [7, 11) is 0. The second-order valence-electron chi connectivity index (χ2n) is 3.80. The molecule has 0 bridgehead atoms. The van der Waals surface area contributed by atoms with Crippen molar-refractivity contribution in [2.45, 2.75) is 24.6 Å². The zero-order valence-electron chi connectivity index (χ0n) is 9.10. The zero-order chi connectivity index (χ0) is 13.3. The number of aliphatic hydroxyl groups is 2. The van der Waals surface area contributed by atoms with E-state index in [4.69, 9.17) is 15.1 Å². The number of rotatable bonds is 3. The molecule has 4 N–H and O–H groups in total. The Morgan fingerprint density at radius 1 is 1.61 bits per heavy atom. The first kappa shape index (κ1) is 12.9. The molecule has 4 atom stereocenters. The smallest absolute Gasteiger partial charge is 0.351 e. The van der Waals surface area contributed by atoms with Gasteiger partial charge in [0.25, 0.3) is 0 Å². The number of ether oxygens (including phenoxy) is 1. The Hall–Kier alpha value is -1.55. The fourth-order valence-corrected chi connectivity index (χ4v) is 1.75. The molecular weight excluding hydrogens is 249 g/mol. The fraction of sp³-hybridized carbons (Fsp3) is 0.556. The molecule has 8 nitrogen and oxygen atoms in total. The molecule has 2 unspecified atom stereocenters. The van der Waals surface area contributed by atoms with Gasteiger partial charge in [-0.05, 0) is 6.07 Å². The lowest BCUT2D eigenvalue weighted by molar-refractivity contribution is -0.0491. The van der Waals surface area contributed by atoms with Crippen molar-refractivity contribution in [1.29, 1.82) is 0 Å². The summed E-state index contributed by atoms with van der Waals surface area (Å²) in [6.07, 6.45) is -4.65. The highest BCUT2D eigenvalue weighted by atomic mass is 19.1. The lowest BCUT2D eigenvalue weighted by atomic mass is 10.1. The van der Waals surface area contributed by atoms with Crippen LogP contribution in [0.15, 0.2) is 17.1 Å². The van der Waals surface area contributed by atoms with Gasteiger partial charge >= 0.3 is 5.69 Å². The van der Waals surface area contributed by atoms with Crippen LogP contribution in [0.1, 0.15) is 6.23 Å². The summed E-state index contributed by atoms with van der Waals surface area (Å²) in [5.74, 6) is -0.0936. The molecule has 1 aromatic rings. The number of hydrogen-bond donors (Lipinski definition) is 4. The molecule has 2 heterocycles. The van der Waals surface area contributed by atoms with Crippen molar-refractivity contribution in [2.24, 2.45) is 0 Å². The third-order valence-corrected chi connectivity index (χ3v) is 2.69. The predicted octanol–water partition coefficient (Wildman–Crippen LogP) is -1.37. The maximum atomic E-state index is 13.7. The fourth-order valence-electron chi connectivity index (χ4n) is 1.75. The van der Waals surface area contributed by atoms with Crippen LogP contribution in [0.25, 0.3) is 0 Å². The first-order chi connectivity index (χ1) is 8.58. The second kappa shape index (κ2) is 4.98. The van der Waals surface area contributed by atoms with E-state index in [0.29, 0.717) is 0 Å². The number of aliphatic hydroxyl groups excluding tert-OH is 2. The van der Waals surface area contributed by atoms with Gasteiger partial charge in [-0.3, -0.25) is 15.3 Å². The molecule has 18 heavy (non-hydrogen) atoms. The molecule has 100 valence electrons. The van der Waals surface area contributed by atoms with Crippen molar-refractivity contribution in [3.05, 3.63) is 22.7 Å². The van der Waals surface area contributed by atoms with E-state index >= 15 is 0 Å². The lowest BCUT2D eigenvalue weighted by Gasteiger charge is -2.15. The molecule has 1 aliphatic rings. The predicted molar refractivity (Wildman–Crippen MR) is 55.8 cm³/mol. The highest BCUT2D eigenvalue weighted by Gasteiger charge is 2.45. The standard InChI is InChI=1S/C9H12FN3O5/c10-6-7(15)4(3-14)18-8(6)13-2-1-5(12-17)11-9(13)16/h1-2,4,6-8,14-15,17H,3H2,(H,11,12,16)/t4-,6?,7?,8-/m1/s1. The highest BCUT2D eigenvalue weighted by Crippen LogP contribution is 2.30. The Balaban J connectivity index is 2.30. The molecule has 0 saturated carbocycles. The van der Waals surface area contributed by atoms with E-state index in [2.05, 4.69) is 4.98 Å². The lowest BCUT2D eigenvalue weighted by Crippen LogP contribution is -2.33. The molecule has 1 aromatic heterocycles. The van der Waals surface area contributed by atoms with Crippen molar-refractivity contribution in [3.8, 4) is 0 Å². The summed E-state index contributed by atoms with van der Waals surface area (Å²) in [5.41, 5.74) is 0.823. The largest absolute Gasteiger partial charge is 0.394 e. The summed E-state index contributed by atoms with van der Waals surface area (Å²) in [5, 5.41) is 26.9. The minimum absolute atomic E-state index is 0.0936. The van der Waals surface area contributed by atoms with Crippen LogP contribution < -0.4 is 11.2 Å². The first-order valence-electron chi connectivity index (χ1n) is 5.16. The topological polar surface area (TPSA) is 117 Å². The Morgan fingerprint density at radius 3 is 2.83 bits per heavy atom. The Morgan fingerprint density at radius 2 is 2.33 bits per heavy atom. The van der Waals surface area contributed by atoms with Gasteiger partial charge in [0.15, 0.2) is 18.2 Å².